The van der Waals surface area contributed by atoms with Crippen molar-refractivity contribution in [1.29, 1.82) is 0 Å². The molecule has 2 saturated carbocycles. The molecule has 2 fully saturated rings. The lowest BCUT2D eigenvalue weighted by atomic mass is 9.84. The Labute approximate surface area is 196 Å². The summed E-state index contributed by atoms with van der Waals surface area (Å²) < 4.78 is 31.7. The van der Waals surface area contributed by atoms with Gasteiger partial charge in [-0.25, -0.2) is 14.4 Å². The standard InChI is InChI=1S/C19H34N4O4.C2HF3O2/c20-11-5-4-8-15(18(25)26)22-19(27)23-16(17(24)21-14-9-10-14)12-13-6-2-1-3-7-13;3-2(4,5)1(6)7/h13-16H,1-12,20H2,(H,21,24)(H,25,26)(H2,22,23,27);(H,6,7)/t15-,16+;/m0./s1. The molecule has 0 aliphatic heterocycles. The predicted octanol–water partition coefficient (Wildman–Crippen LogP) is 2.12. The SMILES string of the molecule is NCCCC[C@H](NC(=O)N[C@H](CC1CCCCC1)C(=O)NC1CC1)C(=O)O.O=C(O)C(F)(F)F. The molecule has 0 spiro atoms. The maximum atomic E-state index is 12.5. The van der Waals surface area contributed by atoms with Crippen molar-refractivity contribution in [1.82, 2.24) is 16.0 Å². The number of carboxylic acid groups (broad SMARTS) is 2. The third kappa shape index (κ3) is 12.6. The number of rotatable bonds is 11. The second kappa shape index (κ2) is 14.6. The van der Waals surface area contributed by atoms with E-state index in [1.807, 2.05) is 0 Å². The molecule has 2 aliphatic rings. The fourth-order valence-electron chi connectivity index (χ4n) is 3.63. The number of nitrogens with two attached hydrogens (primary N) is 1. The van der Waals surface area contributed by atoms with Crippen molar-refractivity contribution in [2.45, 2.75) is 94.9 Å². The van der Waals surface area contributed by atoms with Gasteiger partial charge in [0.25, 0.3) is 0 Å². The minimum absolute atomic E-state index is 0.159. The first-order chi connectivity index (χ1) is 15.9. The molecule has 34 heavy (non-hydrogen) atoms. The minimum atomic E-state index is -5.08. The summed E-state index contributed by atoms with van der Waals surface area (Å²) >= 11 is 0. The van der Waals surface area contributed by atoms with E-state index < -0.39 is 36.2 Å². The molecular weight excluding hydrogens is 461 g/mol. The quantitative estimate of drug-likeness (QED) is 0.238. The number of aliphatic carboxylic acids is 2. The van der Waals surface area contributed by atoms with E-state index in [9.17, 15) is 32.7 Å². The Morgan fingerprint density at radius 3 is 1.94 bits per heavy atom. The molecule has 0 saturated heterocycles. The molecule has 0 aromatic carbocycles. The van der Waals surface area contributed by atoms with Crippen LogP contribution in [0.15, 0.2) is 0 Å². The number of carbonyl (C=O) groups excluding carboxylic acids is 2. The van der Waals surface area contributed by atoms with Crippen LogP contribution in [0.5, 0.6) is 0 Å². The van der Waals surface area contributed by atoms with Crippen LogP contribution in [0.3, 0.4) is 0 Å². The molecule has 13 heteroatoms. The lowest BCUT2D eigenvalue weighted by molar-refractivity contribution is -0.192. The zero-order chi connectivity index (χ0) is 25.7. The minimum Gasteiger partial charge on any atom is -0.480 e. The normalized spacial score (nSPS) is 18.0. The van der Waals surface area contributed by atoms with Crippen LogP contribution in [0.1, 0.15) is 70.6 Å². The van der Waals surface area contributed by atoms with Gasteiger partial charge in [-0.15, -0.1) is 0 Å². The molecule has 10 nitrogen and oxygen atoms in total. The summed E-state index contributed by atoms with van der Waals surface area (Å²) in [6.45, 7) is 0.489. The molecule has 2 atom stereocenters. The van der Waals surface area contributed by atoms with Crippen LogP contribution in [0.2, 0.25) is 0 Å². The number of carbonyl (C=O) groups is 4. The van der Waals surface area contributed by atoms with Crippen molar-refractivity contribution in [3.8, 4) is 0 Å². The molecule has 2 rings (SSSR count). The van der Waals surface area contributed by atoms with Gasteiger partial charge in [-0.1, -0.05) is 32.1 Å². The van der Waals surface area contributed by atoms with E-state index in [-0.39, 0.29) is 11.9 Å². The fourth-order valence-corrected chi connectivity index (χ4v) is 3.63. The van der Waals surface area contributed by atoms with Crippen molar-refractivity contribution in [2.24, 2.45) is 11.7 Å². The summed E-state index contributed by atoms with van der Waals surface area (Å²) in [6.07, 6.45) is 4.85. The van der Waals surface area contributed by atoms with E-state index in [1.54, 1.807) is 0 Å². The van der Waals surface area contributed by atoms with Crippen molar-refractivity contribution >= 4 is 23.9 Å². The molecule has 3 amide bonds. The maximum absolute atomic E-state index is 12.5. The molecule has 0 aromatic heterocycles. The number of halogens is 3. The Hall–Kier alpha value is -2.57. The average Bonchev–Trinajstić information content (AvgIpc) is 3.57. The largest absolute Gasteiger partial charge is 0.490 e. The Kier molecular flexibility index (Phi) is 12.7. The second-order valence-electron chi connectivity index (χ2n) is 8.67. The predicted molar refractivity (Wildman–Crippen MR) is 116 cm³/mol. The van der Waals surface area contributed by atoms with Gasteiger partial charge >= 0.3 is 24.1 Å². The van der Waals surface area contributed by atoms with Gasteiger partial charge in [0.05, 0.1) is 0 Å². The van der Waals surface area contributed by atoms with E-state index >= 15 is 0 Å². The topological polar surface area (TPSA) is 171 Å². The summed E-state index contributed by atoms with van der Waals surface area (Å²) in [5.74, 6) is -3.57. The first-order valence-electron chi connectivity index (χ1n) is 11.5. The van der Waals surface area contributed by atoms with Gasteiger partial charge in [0.15, 0.2) is 0 Å². The highest BCUT2D eigenvalue weighted by Gasteiger charge is 2.38. The summed E-state index contributed by atoms with van der Waals surface area (Å²) in [6, 6.07) is -1.97. The number of urea groups is 1. The zero-order valence-electron chi connectivity index (χ0n) is 19.0. The summed E-state index contributed by atoms with van der Waals surface area (Å²) in [7, 11) is 0. The van der Waals surface area contributed by atoms with Gasteiger partial charge in [-0.3, -0.25) is 4.79 Å². The van der Waals surface area contributed by atoms with Gasteiger partial charge < -0.3 is 31.9 Å². The van der Waals surface area contributed by atoms with Gasteiger partial charge in [0.1, 0.15) is 12.1 Å². The van der Waals surface area contributed by atoms with E-state index in [2.05, 4.69) is 16.0 Å². The maximum Gasteiger partial charge on any atom is 0.490 e. The summed E-state index contributed by atoms with van der Waals surface area (Å²) in [5.41, 5.74) is 5.43. The van der Waals surface area contributed by atoms with E-state index in [0.29, 0.717) is 38.1 Å². The van der Waals surface area contributed by atoms with Crippen molar-refractivity contribution < 1.29 is 42.6 Å². The van der Waals surface area contributed by atoms with Crippen LogP contribution in [0.4, 0.5) is 18.0 Å². The van der Waals surface area contributed by atoms with Crippen LogP contribution >= 0.6 is 0 Å². The van der Waals surface area contributed by atoms with Crippen LogP contribution in [-0.4, -0.2) is 64.9 Å². The number of nitrogens with one attached hydrogen (secondary N) is 3. The van der Waals surface area contributed by atoms with E-state index in [4.69, 9.17) is 15.6 Å². The Morgan fingerprint density at radius 1 is 0.912 bits per heavy atom. The van der Waals surface area contributed by atoms with Gasteiger partial charge in [-0.05, 0) is 51.0 Å². The molecule has 196 valence electrons. The second-order valence-corrected chi connectivity index (χ2v) is 8.67. The Balaban J connectivity index is 0.000000718. The fraction of sp³-hybridized carbons (Fsp3) is 0.810. The van der Waals surface area contributed by atoms with Crippen LogP contribution in [0, 0.1) is 5.92 Å². The molecule has 2 aliphatic carbocycles. The third-order valence-corrected chi connectivity index (χ3v) is 5.63. The van der Waals surface area contributed by atoms with Crippen molar-refractivity contribution in [3.63, 3.8) is 0 Å². The number of carboxylic acids is 2. The monoisotopic (exact) mass is 496 g/mol. The third-order valence-electron chi connectivity index (χ3n) is 5.63. The highest BCUT2D eigenvalue weighted by Crippen LogP contribution is 2.28. The van der Waals surface area contributed by atoms with Crippen molar-refractivity contribution in [2.75, 3.05) is 6.54 Å². The number of amides is 3. The number of hydrogen-bond acceptors (Lipinski definition) is 5. The lowest BCUT2D eigenvalue weighted by Crippen LogP contribution is -2.54. The Morgan fingerprint density at radius 2 is 1.47 bits per heavy atom. The van der Waals surface area contributed by atoms with Crippen LogP contribution in [0.25, 0.3) is 0 Å². The zero-order valence-corrected chi connectivity index (χ0v) is 19.0. The number of unbranched alkanes of at least 4 members (excludes halogenated alkanes) is 1. The molecule has 0 bridgehead atoms. The molecule has 0 aromatic rings. The first-order valence-corrected chi connectivity index (χ1v) is 11.5. The van der Waals surface area contributed by atoms with Crippen LogP contribution < -0.4 is 21.7 Å². The highest BCUT2D eigenvalue weighted by atomic mass is 19.4. The summed E-state index contributed by atoms with van der Waals surface area (Å²) in [4.78, 5) is 45.2. The van der Waals surface area contributed by atoms with E-state index in [1.165, 1.54) is 6.42 Å². The highest BCUT2D eigenvalue weighted by molar-refractivity contribution is 5.89. The number of alkyl halides is 3. The molecule has 0 unspecified atom stereocenters. The number of hydrogen-bond donors (Lipinski definition) is 6. The van der Waals surface area contributed by atoms with Gasteiger partial charge in [0, 0.05) is 6.04 Å². The molecule has 0 radical (unpaired) electrons. The summed E-state index contributed by atoms with van der Waals surface area (Å²) in [5, 5.41) is 24.6. The molecular formula is C21H35F3N4O6. The van der Waals surface area contributed by atoms with Gasteiger partial charge in [-0.2, -0.15) is 13.2 Å². The van der Waals surface area contributed by atoms with Crippen LogP contribution in [-0.2, 0) is 14.4 Å². The van der Waals surface area contributed by atoms with Gasteiger partial charge in [0.2, 0.25) is 5.91 Å². The first kappa shape index (κ1) is 29.5. The average molecular weight is 497 g/mol. The van der Waals surface area contributed by atoms with Crippen molar-refractivity contribution in [3.05, 3.63) is 0 Å². The molecule has 7 N–H and O–H groups in total. The lowest BCUT2D eigenvalue weighted by Gasteiger charge is -2.27. The van der Waals surface area contributed by atoms with E-state index in [0.717, 1.165) is 38.5 Å². The Bertz CT molecular complexity index is 682. The molecule has 0 heterocycles. The smallest absolute Gasteiger partial charge is 0.480 e.